The number of carbonyl (C=O) groups excluding carboxylic acids is 1. The van der Waals surface area contributed by atoms with Crippen molar-refractivity contribution in [3.63, 3.8) is 0 Å². The first-order valence-electron chi connectivity index (χ1n) is 6.54. The minimum absolute atomic E-state index is 0.0421. The lowest BCUT2D eigenvalue weighted by Gasteiger charge is -2.08. The van der Waals surface area contributed by atoms with Crippen molar-refractivity contribution >= 4 is 5.78 Å². The lowest BCUT2D eigenvalue weighted by Crippen LogP contribution is -2.18. The smallest absolute Gasteiger partial charge is 0.372 e. The average molecular weight is 288 g/mol. The second kappa shape index (κ2) is 7.43. The van der Waals surface area contributed by atoms with Crippen molar-refractivity contribution in [3.8, 4) is 0 Å². The summed E-state index contributed by atoms with van der Waals surface area (Å²) < 4.78 is 39.9. The third kappa shape index (κ3) is 6.70. The zero-order valence-corrected chi connectivity index (χ0v) is 11.7. The molecule has 0 aliphatic rings. The number of ether oxygens (including phenoxy) is 1. The highest BCUT2D eigenvalue weighted by atomic mass is 19.4. The molecule has 2 nitrogen and oxygen atoms in total. The van der Waals surface area contributed by atoms with E-state index in [9.17, 15) is 18.0 Å². The fraction of sp³-hybridized carbons (Fsp3) is 0.533. The van der Waals surface area contributed by atoms with Gasteiger partial charge in [0.1, 0.15) is 6.61 Å². The first kappa shape index (κ1) is 16.7. The molecule has 0 aliphatic carbocycles. The Morgan fingerprint density at radius 2 is 1.80 bits per heavy atom. The molecule has 0 saturated carbocycles. The molecule has 0 N–H and O–H groups in total. The maximum atomic E-state index is 11.8. The Morgan fingerprint density at radius 3 is 2.30 bits per heavy atom. The molecular weight excluding hydrogens is 269 g/mol. The Bertz CT molecular complexity index is 422. The van der Waals surface area contributed by atoms with Gasteiger partial charge in [-0.05, 0) is 17.9 Å². The first-order chi connectivity index (χ1) is 9.28. The van der Waals surface area contributed by atoms with Gasteiger partial charge in [0, 0.05) is 12.0 Å². The van der Waals surface area contributed by atoms with E-state index in [-0.39, 0.29) is 18.8 Å². The summed E-state index contributed by atoms with van der Waals surface area (Å²) >= 11 is 0. The highest BCUT2D eigenvalue weighted by molar-refractivity contribution is 5.96. The number of hydrogen-bond acceptors (Lipinski definition) is 2. The predicted molar refractivity (Wildman–Crippen MR) is 70.8 cm³/mol. The standard InChI is InChI=1S/C15H19F3O2/c1-11(2)9-12-3-5-13(6-4-12)14(19)7-8-20-10-15(16,17)18/h3-6,11H,7-10H2,1-2H3. The van der Waals surface area contributed by atoms with E-state index in [4.69, 9.17) is 0 Å². The van der Waals surface area contributed by atoms with Gasteiger partial charge in [0.2, 0.25) is 0 Å². The van der Waals surface area contributed by atoms with Gasteiger partial charge < -0.3 is 4.74 Å². The summed E-state index contributed by atoms with van der Waals surface area (Å²) in [7, 11) is 0. The minimum Gasteiger partial charge on any atom is -0.372 e. The molecule has 0 aromatic heterocycles. The Morgan fingerprint density at radius 1 is 1.20 bits per heavy atom. The molecule has 1 aromatic rings. The van der Waals surface area contributed by atoms with Crippen LogP contribution >= 0.6 is 0 Å². The van der Waals surface area contributed by atoms with Crippen LogP contribution in [0.25, 0.3) is 0 Å². The number of alkyl halides is 3. The molecule has 0 spiro atoms. The number of Topliss-reactive ketones (excluding diaryl/α,β-unsaturated/α-hetero) is 1. The Balaban J connectivity index is 2.40. The number of halogens is 3. The summed E-state index contributed by atoms with van der Waals surface area (Å²) in [6.45, 7) is 2.69. The monoisotopic (exact) mass is 288 g/mol. The third-order valence-electron chi connectivity index (χ3n) is 2.66. The van der Waals surface area contributed by atoms with E-state index in [1.54, 1.807) is 12.1 Å². The van der Waals surface area contributed by atoms with Gasteiger partial charge >= 0.3 is 6.18 Å². The van der Waals surface area contributed by atoms with Gasteiger partial charge in [-0.25, -0.2) is 0 Å². The summed E-state index contributed by atoms with van der Waals surface area (Å²) in [5.74, 6) is 0.329. The van der Waals surface area contributed by atoms with Crippen LogP contribution in [0.15, 0.2) is 24.3 Å². The molecule has 112 valence electrons. The van der Waals surface area contributed by atoms with Gasteiger partial charge in [-0.3, -0.25) is 4.79 Å². The lowest BCUT2D eigenvalue weighted by atomic mass is 10.00. The van der Waals surface area contributed by atoms with Crippen molar-refractivity contribution in [1.82, 2.24) is 0 Å². The van der Waals surface area contributed by atoms with E-state index in [0.717, 1.165) is 12.0 Å². The van der Waals surface area contributed by atoms with Crippen LogP contribution in [0.3, 0.4) is 0 Å². The first-order valence-corrected chi connectivity index (χ1v) is 6.54. The molecule has 5 heteroatoms. The topological polar surface area (TPSA) is 26.3 Å². The molecule has 0 heterocycles. The van der Waals surface area contributed by atoms with Crippen molar-refractivity contribution in [3.05, 3.63) is 35.4 Å². The van der Waals surface area contributed by atoms with Crippen molar-refractivity contribution in [2.75, 3.05) is 13.2 Å². The van der Waals surface area contributed by atoms with Crippen LogP contribution in [0.1, 0.15) is 36.2 Å². The molecule has 0 bridgehead atoms. The van der Waals surface area contributed by atoms with Gasteiger partial charge in [0.15, 0.2) is 5.78 Å². The number of rotatable bonds is 7. The van der Waals surface area contributed by atoms with Crippen LogP contribution in [0.4, 0.5) is 13.2 Å². The summed E-state index contributed by atoms with van der Waals surface area (Å²) in [4.78, 5) is 11.7. The molecule has 0 unspecified atom stereocenters. The molecule has 0 amide bonds. The van der Waals surface area contributed by atoms with Crippen molar-refractivity contribution in [2.45, 2.75) is 32.9 Å². The Hall–Kier alpha value is -1.36. The van der Waals surface area contributed by atoms with E-state index < -0.39 is 12.8 Å². The number of hydrogen-bond donors (Lipinski definition) is 0. The van der Waals surface area contributed by atoms with Crippen LogP contribution < -0.4 is 0 Å². The van der Waals surface area contributed by atoms with E-state index in [1.165, 1.54) is 0 Å². The van der Waals surface area contributed by atoms with Crippen LogP contribution in [0, 0.1) is 5.92 Å². The normalized spacial score (nSPS) is 11.9. The van der Waals surface area contributed by atoms with Gasteiger partial charge in [0.05, 0.1) is 6.61 Å². The summed E-state index contributed by atoms with van der Waals surface area (Å²) in [6.07, 6.45) is -3.45. The summed E-state index contributed by atoms with van der Waals surface area (Å²) in [5.41, 5.74) is 1.65. The zero-order valence-electron chi connectivity index (χ0n) is 11.7. The zero-order chi connectivity index (χ0) is 15.2. The largest absolute Gasteiger partial charge is 0.411 e. The number of carbonyl (C=O) groups is 1. The minimum atomic E-state index is -4.35. The maximum Gasteiger partial charge on any atom is 0.411 e. The van der Waals surface area contributed by atoms with E-state index in [2.05, 4.69) is 18.6 Å². The van der Waals surface area contributed by atoms with Crippen molar-refractivity contribution in [1.29, 1.82) is 0 Å². The highest BCUT2D eigenvalue weighted by Crippen LogP contribution is 2.15. The van der Waals surface area contributed by atoms with Gasteiger partial charge in [-0.1, -0.05) is 38.1 Å². The van der Waals surface area contributed by atoms with Gasteiger partial charge in [0.25, 0.3) is 0 Å². The predicted octanol–water partition coefficient (Wildman–Crippen LogP) is 4.04. The molecule has 0 fully saturated rings. The molecular formula is C15H19F3O2. The Labute approximate surface area is 116 Å². The molecule has 0 saturated heterocycles. The third-order valence-corrected chi connectivity index (χ3v) is 2.66. The lowest BCUT2D eigenvalue weighted by molar-refractivity contribution is -0.173. The van der Waals surface area contributed by atoms with Crippen LogP contribution in [0.5, 0.6) is 0 Å². The van der Waals surface area contributed by atoms with Gasteiger partial charge in [-0.15, -0.1) is 0 Å². The summed E-state index contributed by atoms with van der Waals surface area (Å²) in [5, 5.41) is 0. The van der Waals surface area contributed by atoms with Crippen LogP contribution in [-0.2, 0) is 11.2 Å². The van der Waals surface area contributed by atoms with E-state index in [0.29, 0.717) is 11.5 Å². The second-order valence-corrected chi connectivity index (χ2v) is 5.14. The number of benzene rings is 1. The molecule has 0 radical (unpaired) electrons. The molecule has 1 rings (SSSR count). The highest BCUT2D eigenvalue weighted by Gasteiger charge is 2.27. The van der Waals surface area contributed by atoms with Crippen molar-refractivity contribution < 1.29 is 22.7 Å². The fourth-order valence-electron chi connectivity index (χ4n) is 1.80. The molecule has 20 heavy (non-hydrogen) atoms. The average Bonchev–Trinajstić information content (AvgIpc) is 2.33. The number of ketones is 1. The maximum absolute atomic E-state index is 11.8. The van der Waals surface area contributed by atoms with E-state index in [1.807, 2.05) is 12.1 Å². The molecule has 1 aromatic carbocycles. The molecule has 0 atom stereocenters. The van der Waals surface area contributed by atoms with Crippen LogP contribution in [0.2, 0.25) is 0 Å². The quantitative estimate of drug-likeness (QED) is 0.559. The van der Waals surface area contributed by atoms with Gasteiger partial charge in [-0.2, -0.15) is 13.2 Å². The van der Waals surface area contributed by atoms with Crippen LogP contribution in [-0.4, -0.2) is 25.2 Å². The SMILES string of the molecule is CC(C)Cc1ccc(C(=O)CCOCC(F)(F)F)cc1. The second-order valence-electron chi connectivity index (χ2n) is 5.14. The fourth-order valence-corrected chi connectivity index (χ4v) is 1.80. The van der Waals surface area contributed by atoms with E-state index >= 15 is 0 Å². The van der Waals surface area contributed by atoms with Crippen molar-refractivity contribution in [2.24, 2.45) is 5.92 Å². The Kier molecular flexibility index (Phi) is 6.20. The molecule has 0 aliphatic heterocycles. The summed E-state index contributed by atoms with van der Waals surface area (Å²) in [6, 6.07) is 7.18.